The van der Waals surface area contributed by atoms with Crippen molar-refractivity contribution in [1.82, 2.24) is 0 Å². The van der Waals surface area contributed by atoms with Crippen LogP contribution in [0.2, 0.25) is 0 Å². The minimum Gasteiger partial charge on any atom is -0.495 e. The predicted octanol–water partition coefficient (Wildman–Crippen LogP) is 3.63. The summed E-state index contributed by atoms with van der Waals surface area (Å²) in [5, 5.41) is 3.44. The van der Waals surface area contributed by atoms with Gasteiger partial charge >= 0.3 is 0 Å². The summed E-state index contributed by atoms with van der Waals surface area (Å²) in [4.78, 5) is 0. The molecule has 106 valence electrons. The molecular weight excluding hydrogens is 248 g/mol. The molecule has 0 spiro atoms. The number of rotatable bonds is 6. The highest BCUT2D eigenvalue weighted by Crippen LogP contribution is 2.22. The van der Waals surface area contributed by atoms with Crippen molar-refractivity contribution < 1.29 is 4.74 Å². The van der Waals surface area contributed by atoms with Crippen molar-refractivity contribution >= 4 is 11.4 Å². The van der Waals surface area contributed by atoms with Gasteiger partial charge in [-0.05, 0) is 55.2 Å². The van der Waals surface area contributed by atoms with Gasteiger partial charge in [0.25, 0.3) is 0 Å². The van der Waals surface area contributed by atoms with E-state index in [2.05, 4.69) is 42.6 Å². The molecule has 0 saturated carbocycles. The van der Waals surface area contributed by atoms with Crippen molar-refractivity contribution in [2.45, 2.75) is 19.8 Å². The number of nitrogens with two attached hydrogens (primary N) is 1. The van der Waals surface area contributed by atoms with E-state index >= 15 is 0 Å². The third-order valence-electron chi connectivity index (χ3n) is 3.28. The molecule has 0 fully saturated rings. The Morgan fingerprint density at radius 1 is 1.15 bits per heavy atom. The molecule has 0 amide bonds. The van der Waals surface area contributed by atoms with Crippen LogP contribution in [0.3, 0.4) is 0 Å². The molecular formula is C17H22N2O. The van der Waals surface area contributed by atoms with E-state index in [1.165, 1.54) is 16.8 Å². The first kappa shape index (κ1) is 14.3. The van der Waals surface area contributed by atoms with E-state index in [0.717, 1.165) is 25.1 Å². The van der Waals surface area contributed by atoms with Gasteiger partial charge in [0.05, 0.1) is 12.8 Å². The van der Waals surface area contributed by atoms with Crippen molar-refractivity contribution in [1.29, 1.82) is 0 Å². The van der Waals surface area contributed by atoms with Gasteiger partial charge in [0, 0.05) is 12.2 Å². The molecule has 0 saturated heterocycles. The minimum absolute atomic E-state index is 0.705. The smallest absolute Gasteiger partial charge is 0.141 e. The van der Waals surface area contributed by atoms with Crippen LogP contribution >= 0.6 is 0 Å². The Labute approximate surface area is 120 Å². The Morgan fingerprint density at radius 2 is 2.00 bits per heavy atom. The molecule has 0 heterocycles. The number of nitrogen functional groups attached to an aromatic ring is 1. The number of anilines is 2. The Kier molecular flexibility index (Phi) is 4.88. The molecule has 3 nitrogen and oxygen atoms in total. The molecule has 0 aliphatic carbocycles. The van der Waals surface area contributed by atoms with Gasteiger partial charge in [-0.25, -0.2) is 0 Å². The zero-order valence-corrected chi connectivity index (χ0v) is 12.1. The first-order valence-electron chi connectivity index (χ1n) is 6.92. The van der Waals surface area contributed by atoms with Crippen LogP contribution in [0.25, 0.3) is 0 Å². The minimum atomic E-state index is 0.705. The molecule has 0 radical (unpaired) electrons. The zero-order chi connectivity index (χ0) is 14.4. The number of nitrogens with one attached hydrogen (secondary N) is 1. The summed E-state index contributed by atoms with van der Waals surface area (Å²) in [5.41, 5.74) is 10.3. The molecule has 3 N–H and O–H groups in total. The van der Waals surface area contributed by atoms with E-state index in [9.17, 15) is 0 Å². The SMILES string of the molecule is COc1ccc(CCCNc2cccc(C)c2)cc1N. The van der Waals surface area contributed by atoms with E-state index < -0.39 is 0 Å². The van der Waals surface area contributed by atoms with Crippen molar-refractivity contribution in [2.75, 3.05) is 24.7 Å². The zero-order valence-electron chi connectivity index (χ0n) is 12.1. The van der Waals surface area contributed by atoms with Crippen LogP contribution in [0, 0.1) is 6.92 Å². The van der Waals surface area contributed by atoms with Gasteiger partial charge in [0.15, 0.2) is 0 Å². The topological polar surface area (TPSA) is 47.3 Å². The molecule has 0 aromatic heterocycles. The normalized spacial score (nSPS) is 10.3. The third-order valence-corrected chi connectivity index (χ3v) is 3.28. The highest BCUT2D eigenvalue weighted by atomic mass is 16.5. The maximum atomic E-state index is 5.90. The molecule has 2 rings (SSSR count). The summed E-state index contributed by atoms with van der Waals surface area (Å²) < 4.78 is 5.16. The fraction of sp³-hybridized carbons (Fsp3) is 0.294. The molecule has 20 heavy (non-hydrogen) atoms. The van der Waals surface area contributed by atoms with E-state index in [-0.39, 0.29) is 0 Å². The summed E-state index contributed by atoms with van der Waals surface area (Å²) in [6, 6.07) is 14.4. The predicted molar refractivity (Wildman–Crippen MR) is 85.4 cm³/mol. The van der Waals surface area contributed by atoms with Gasteiger partial charge in [-0.15, -0.1) is 0 Å². The molecule has 0 aliphatic rings. The number of aryl methyl sites for hydroxylation is 2. The Morgan fingerprint density at radius 3 is 2.70 bits per heavy atom. The lowest BCUT2D eigenvalue weighted by molar-refractivity contribution is 0.417. The quantitative estimate of drug-likeness (QED) is 0.622. The molecule has 0 unspecified atom stereocenters. The maximum Gasteiger partial charge on any atom is 0.141 e. The van der Waals surface area contributed by atoms with Crippen LogP contribution < -0.4 is 15.8 Å². The monoisotopic (exact) mass is 270 g/mol. The highest BCUT2D eigenvalue weighted by molar-refractivity contribution is 5.54. The highest BCUT2D eigenvalue weighted by Gasteiger charge is 2.00. The summed E-state index contributed by atoms with van der Waals surface area (Å²) in [6.45, 7) is 3.06. The maximum absolute atomic E-state index is 5.90. The van der Waals surface area contributed by atoms with Crippen LogP contribution in [0.15, 0.2) is 42.5 Å². The Balaban J connectivity index is 1.80. The lowest BCUT2D eigenvalue weighted by atomic mass is 10.1. The van der Waals surface area contributed by atoms with Gasteiger partial charge in [0.2, 0.25) is 0 Å². The van der Waals surface area contributed by atoms with Gasteiger partial charge in [0.1, 0.15) is 5.75 Å². The van der Waals surface area contributed by atoms with Crippen molar-refractivity contribution in [3.8, 4) is 5.75 Å². The van der Waals surface area contributed by atoms with Crippen LogP contribution in [-0.4, -0.2) is 13.7 Å². The summed E-state index contributed by atoms with van der Waals surface area (Å²) >= 11 is 0. The molecule has 2 aromatic rings. The van der Waals surface area contributed by atoms with Gasteiger partial charge < -0.3 is 15.8 Å². The number of benzene rings is 2. The van der Waals surface area contributed by atoms with E-state index in [4.69, 9.17) is 10.5 Å². The number of hydrogen-bond acceptors (Lipinski definition) is 3. The van der Waals surface area contributed by atoms with Crippen LogP contribution in [0.1, 0.15) is 17.5 Å². The van der Waals surface area contributed by atoms with Crippen molar-refractivity contribution in [2.24, 2.45) is 0 Å². The van der Waals surface area contributed by atoms with E-state index in [1.807, 2.05) is 12.1 Å². The molecule has 0 aliphatic heterocycles. The molecule has 0 atom stereocenters. The van der Waals surface area contributed by atoms with Gasteiger partial charge in [-0.2, -0.15) is 0 Å². The number of ether oxygens (including phenoxy) is 1. The molecule has 3 heteroatoms. The van der Waals surface area contributed by atoms with Crippen LogP contribution in [0.5, 0.6) is 5.75 Å². The average Bonchev–Trinajstić information content (AvgIpc) is 2.44. The Hall–Kier alpha value is -2.16. The van der Waals surface area contributed by atoms with E-state index in [1.54, 1.807) is 7.11 Å². The second kappa shape index (κ2) is 6.85. The average molecular weight is 270 g/mol. The first-order valence-corrected chi connectivity index (χ1v) is 6.92. The van der Waals surface area contributed by atoms with Crippen LogP contribution in [-0.2, 0) is 6.42 Å². The summed E-state index contributed by atoms with van der Waals surface area (Å²) in [6.07, 6.45) is 2.08. The summed E-state index contributed by atoms with van der Waals surface area (Å²) in [7, 11) is 1.64. The van der Waals surface area contributed by atoms with Crippen molar-refractivity contribution in [3.63, 3.8) is 0 Å². The second-order valence-corrected chi connectivity index (χ2v) is 4.98. The Bertz CT molecular complexity index is 567. The fourth-order valence-electron chi connectivity index (χ4n) is 2.22. The second-order valence-electron chi connectivity index (χ2n) is 4.98. The fourth-order valence-corrected chi connectivity index (χ4v) is 2.22. The molecule has 2 aromatic carbocycles. The largest absolute Gasteiger partial charge is 0.495 e. The van der Waals surface area contributed by atoms with Crippen molar-refractivity contribution in [3.05, 3.63) is 53.6 Å². The first-order chi connectivity index (χ1) is 9.69. The lowest BCUT2D eigenvalue weighted by Crippen LogP contribution is -2.03. The van der Waals surface area contributed by atoms with E-state index in [0.29, 0.717) is 5.69 Å². The lowest BCUT2D eigenvalue weighted by Gasteiger charge is -2.09. The van der Waals surface area contributed by atoms with Crippen LogP contribution in [0.4, 0.5) is 11.4 Å². The molecule has 0 bridgehead atoms. The number of methoxy groups -OCH3 is 1. The van der Waals surface area contributed by atoms with Gasteiger partial charge in [-0.3, -0.25) is 0 Å². The standard InChI is InChI=1S/C17H22N2O/c1-13-5-3-7-15(11-13)19-10-4-6-14-8-9-17(20-2)16(18)12-14/h3,5,7-9,11-12,19H,4,6,10,18H2,1-2H3. The summed E-state index contributed by atoms with van der Waals surface area (Å²) in [5.74, 6) is 0.742. The van der Waals surface area contributed by atoms with Gasteiger partial charge in [-0.1, -0.05) is 18.2 Å². The number of hydrogen-bond donors (Lipinski definition) is 2. The third kappa shape index (κ3) is 3.92.